The van der Waals surface area contributed by atoms with Gasteiger partial charge in [0, 0.05) is 68.4 Å². The van der Waals surface area contributed by atoms with Gasteiger partial charge in [-0.15, -0.1) is 0 Å². The first-order chi connectivity index (χ1) is 17.0. The first kappa shape index (κ1) is 24.5. The van der Waals surface area contributed by atoms with Crippen molar-refractivity contribution in [1.82, 2.24) is 20.4 Å². The Kier molecular flexibility index (Phi) is 7.55. The molecule has 1 aromatic carbocycles. The predicted octanol–water partition coefficient (Wildman–Crippen LogP) is 2.41. The minimum atomic E-state index is -0.504. The zero-order valence-corrected chi connectivity index (χ0v) is 21.5. The van der Waals surface area contributed by atoms with Crippen LogP contribution < -0.4 is 15.5 Å². The lowest BCUT2D eigenvalue weighted by molar-refractivity contribution is -0.125. The number of carbonyl (C=O) groups excluding carboxylic acids is 2. The zero-order valence-electron chi connectivity index (χ0n) is 19.9. The van der Waals surface area contributed by atoms with E-state index in [4.69, 9.17) is 28.8 Å². The van der Waals surface area contributed by atoms with Gasteiger partial charge in [-0.3, -0.25) is 19.5 Å². The maximum Gasteiger partial charge on any atom is 0.259 e. The number of amides is 2. The Bertz CT molecular complexity index is 1010. The van der Waals surface area contributed by atoms with E-state index in [2.05, 4.69) is 26.5 Å². The third kappa shape index (κ3) is 5.47. The number of halogens is 1. The van der Waals surface area contributed by atoms with E-state index in [9.17, 15) is 9.59 Å². The molecule has 2 N–H and O–H groups in total. The first-order valence-electron chi connectivity index (χ1n) is 12.7. The third-order valence-corrected chi connectivity index (χ3v) is 8.11. The molecule has 0 aromatic heterocycles. The molecule has 3 unspecified atom stereocenters. The number of benzene rings is 1. The van der Waals surface area contributed by atoms with Crippen molar-refractivity contribution in [2.24, 2.45) is 10.9 Å². The van der Waals surface area contributed by atoms with E-state index in [-0.39, 0.29) is 30.2 Å². The molecule has 0 radical (unpaired) electrons. The van der Waals surface area contributed by atoms with Crippen LogP contribution in [-0.2, 0) is 9.59 Å². The fourth-order valence-corrected chi connectivity index (χ4v) is 6.16. The number of hydrogen-bond donors (Lipinski definition) is 2. The monoisotopic (exact) mass is 516 g/mol. The molecule has 35 heavy (non-hydrogen) atoms. The fourth-order valence-electron chi connectivity index (χ4n) is 5.64. The number of nitrogens with zero attached hydrogens (tertiary/aromatic N) is 4. The van der Waals surface area contributed by atoms with Gasteiger partial charge in [-0.05, 0) is 49.7 Å². The highest BCUT2D eigenvalue weighted by Gasteiger charge is 2.46. The lowest BCUT2D eigenvalue weighted by Crippen LogP contribution is -2.60. The second kappa shape index (κ2) is 10.8. The summed E-state index contributed by atoms with van der Waals surface area (Å²) in [6.07, 6.45) is 5.14. The summed E-state index contributed by atoms with van der Waals surface area (Å²) >= 11 is 11.6. The smallest absolute Gasteiger partial charge is 0.259 e. The minimum absolute atomic E-state index is 0.0309. The summed E-state index contributed by atoms with van der Waals surface area (Å²) in [5.74, 6) is 0.951. The van der Waals surface area contributed by atoms with Crippen molar-refractivity contribution in [3.63, 3.8) is 0 Å². The van der Waals surface area contributed by atoms with Crippen LogP contribution in [0.1, 0.15) is 38.5 Å². The number of fused-ring (bicyclic) bond motifs is 3. The maximum atomic E-state index is 12.9. The van der Waals surface area contributed by atoms with E-state index in [0.29, 0.717) is 18.1 Å². The molecule has 1 aliphatic carbocycles. The number of anilines is 1. The molecule has 188 valence electrons. The van der Waals surface area contributed by atoms with Crippen LogP contribution in [-0.4, -0.2) is 83.9 Å². The number of carbonyl (C=O) groups is 2. The second-order valence-electron chi connectivity index (χ2n) is 9.82. The summed E-state index contributed by atoms with van der Waals surface area (Å²) in [5.41, 5.74) is 1.15. The van der Waals surface area contributed by atoms with Crippen LogP contribution in [0.2, 0.25) is 5.02 Å². The average Bonchev–Trinajstić information content (AvgIpc) is 3.20. The molecule has 8 nitrogen and oxygen atoms in total. The van der Waals surface area contributed by atoms with E-state index < -0.39 is 6.04 Å². The lowest BCUT2D eigenvalue weighted by atomic mass is 9.82. The zero-order chi connectivity index (χ0) is 24.4. The highest BCUT2D eigenvalue weighted by molar-refractivity contribution is 7.80. The number of rotatable bonds is 7. The standard InChI is InChI=1S/C25H33ClN6O2S/c26-17-4-3-5-18(16-17)31-14-12-30(13-15-31)11-10-27-22(33)9-8-21-24(34)32-23(28-21)19-6-1-2-7-20(19)29-25(32)35/h3-5,16,19-21H,1-2,6-15H2,(H,27,33)(H,29,35). The molecule has 4 aliphatic rings. The molecule has 10 heteroatoms. The number of hydrogen-bond acceptors (Lipinski definition) is 6. The quantitative estimate of drug-likeness (QED) is 0.542. The van der Waals surface area contributed by atoms with Gasteiger partial charge in [0.25, 0.3) is 5.91 Å². The third-order valence-electron chi connectivity index (χ3n) is 7.57. The Morgan fingerprint density at radius 3 is 2.80 bits per heavy atom. The van der Waals surface area contributed by atoms with Gasteiger partial charge in [0.1, 0.15) is 11.9 Å². The molecule has 0 spiro atoms. The summed E-state index contributed by atoms with van der Waals surface area (Å²) in [6.45, 7) is 5.19. The molecule has 3 heterocycles. The van der Waals surface area contributed by atoms with Crippen LogP contribution in [0, 0.1) is 5.92 Å². The van der Waals surface area contributed by atoms with Crippen molar-refractivity contribution in [2.45, 2.75) is 50.6 Å². The van der Waals surface area contributed by atoms with Crippen LogP contribution >= 0.6 is 23.8 Å². The fraction of sp³-hybridized carbons (Fsp3) is 0.600. The molecule has 3 atom stereocenters. The van der Waals surface area contributed by atoms with Crippen LogP contribution in [0.5, 0.6) is 0 Å². The summed E-state index contributed by atoms with van der Waals surface area (Å²) in [7, 11) is 0. The van der Waals surface area contributed by atoms with Crippen molar-refractivity contribution in [2.75, 3.05) is 44.2 Å². The van der Waals surface area contributed by atoms with Crippen molar-refractivity contribution in [3.05, 3.63) is 29.3 Å². The van der Waals surface area contributed by atoms with Crippen molar-refractivity contribution in [1.29, 1.82) is 0 Å². The number of aliphatic imine (C=N–C) groups is 1. The van der Waals surface area contributed by atoms with Gasteiger partial charge in [0.15, 0.2) is 5.11 Å². The molecule has 3 aliphatic heterocycles. The van der Waals surface area contributed by atoms with E-state index in [1.54, 1.807) is 4.90 Å². The number of thiocarbonyl (C=S) groups is 1. The molecule has 1 aromatic rings. The van der Waals surface area contributed by atoms with E-state index in [0.717, 1.165) is 68.5 Å². The molecule has 1 saturated carbocycles. The summed E-state index contributed by atoms with van der Waals surface area (Å²) in [4.78, 5) is 36.4. The predicted molar refractivity (Wildman–Crippen MR) is 142 cm³/mol. The van der Waals surface area contributed by atoms with E-state index >= 15 is 0 Å². The van der Waals surface area contributed by atoms with Gasteiger partial charge in [-0.1, -0.05) is 30.5 Å². The Balaban J connectivity index is 1.04. The van der Waals surface area contributed by atoms with Gasteiger partial charge < -0.3 is 15.5 Å². The number of amidine groups is 1. The molecule has 2 saturated heterocycles. The van der Waals surface area contributed by atoms with E-state index in [1.807, 2.05) is 18.2 Å². The van der Waals surface area contributed by atoms with Crippen molar-refractivity contribution < 1.29 is 9.59 Å². The Morgan fingerprint density at radius 1 is 1.20 bits per heavy atom. The summed E-state index contributed by atoms with van der Waals surface area (Å²) < 4.78 is 0. The molecule has 3 fully saturated rings. The molecule has 2 amide bonds. The van der Waals surface area contributed by atoms with Gasteiger partial charge in [0.05, 0.1) is 0 Å². The number of piperazine rings is 1. The SMILES string of the molecule is O=C(CCC1N=C2C3CCCCC3NC(=S)N2C1=O)NCCN1CCN(c2cccc(Cl)c2)CC1. The highest BCUT2D eigenvalue weighted by Crippen LogP contribution is 2.33. The maximum absolute atomic E-state index is 12.9. The minimum Gasteiger partial charge on any atom is -0.369 e. The Labute approximate surface area is 217 Å². The van der Waals surface area contributed by atoms with Crippen LogP contribution in [0.4, 0.5) is 5.69 Å². The largest absolute Gasteiger partial charge is 0.369 e. The van der Waals surface area contributed by atoms with Gasteiger partial charge in [-0.2, -0.15) is 0 Å². The molecule has 0 bridgehead atoms. The topological polar surface area (TPSA) is 80.3 Å². The molecule has 5 rings (SSSR count). The summed E-state index contributed by atoms with van der Waals surface area (Å²) in [6, 6.07) is 7.74. The van der Waals surface area contributed by atoms with Gasteiger partial charge >= 0.3 is 0 Å². The number of nitrogens with one attached hydrogen (secondary N) is 2. The molecular weight excluding hydrogens is 484 g/mol. The van der Waals surface area contributed by atoms with Crippen molar-refractivity contribution >= 4 is 52.3 Å². The Morgan fingerprint density at radius 2 is 2.00 bits per heavy atom. The van der Waals surface area contributed by atoms with Crippen LogP contribution in [0.15, 0.2) is 29.3 Å². The van der Waals surface area contributed by atoms with Crippen LogP contribution in [0.3, 0.4) is 0 Å². The molecular formula is C25H33ClN6O2S. The Hall–Kier alpha value is -2.23. The first-order valence-corrected chi connectivity index (χ1v) is 13.5. The highest BCUT2D eigenvalue weighted by atomic mass is 35.5. The second-order valence-corrected chi connectivity index (χ2v) is 10.6. The van der Waals surface area contributed by atoms with Gasteiger partial charge in [-0.25, -0.2) is 4.90 Å². The van der Waals surface area contributed by atoms with E-state index in [1.165, 1.54) is 6.42 Å². The van der Waals surface area contributed by atoms with Gasteiger partial charge in [0.2, 0.25) is 5.91 Å². The van der Waals surface area contributed by atoms with Crippen molar-refractivity contribution in [3.8, 4) is 0 Å². The average molecular weight is 517 g/mol. The normalized spacial score (nSPS) is 26.7. The van der Waals surface area contributed by atoms with Crippen LogP contribution in [0.25, 0.3) is 0 Å². The lowest BCUT2D eigenvalue weighted by Gasteiger charge is -2.41. The summed E-state index contributed by atoms with van der Waals surface area (Å²) in [5, 5.41) is 7.58.